The normalized spacial score (nSPS) is 12.7. The Balaban J connectivity index is 2.73. The zero-order valence-electron chi connectivity index (χ0n) is 9.57. The topological polar surface area (TPSA) is 97.7 Å². The van der Waals surface area contributed by atoms with Gasteiger partial charge in [0.2, 0.25) is 0 Å². The Hall–Kier alpha value is -1.89. The molecule has 1 aromatic rings. The van der Waals surface area contributed by atoms with E-state index in [-0.39, 0.29) is 5.56 Å². The maximum atomic E-state index is 11.5. The van der Waals surface area contributed by atoms with E-state index in [0.717, 1.165) is 0 Å². The van der Waals surface area contributed by atoms with E-state index < -0.39 is 33.7 Å². The number of carbonyl (C=O) groups excluding carboxylic acids is 1. The summed E-state index contributed by atoms with van der Waals surface area (Å²) in [5, 5.41) is 8.59. The Morgan fingerprint density at radius 1 is 1.28 bits per heavy atom. The fourth-order valence-corrected chi connectivity index (χ4v) is 2.30. The highest BCUT2D eigenvalue weighted by atomic mass is 32.2. The van der Waals surface area contributed by atoms with Crippen molar-refractivity contribution >= 4 is 22.1 Å². The van der Waals surface area contributed by atoms with E-state index in [0.29, 0.717) is 0 Å². The summed E-state index contributed by atoms with van der Waals surface area (Å²) in [6, 6.07) is 7.58. The maximum absolute atomic E-state index is 11.5. The molecule has 0 fully saturated rings. The molecule has 0 saturated carbocycles. The van der Waals surface area contributed by atoms with E-state index in [4.69, 9.17) is 5.11 Å². The van der Waals surface area contributed by atoms with Crippen LogP contribution in [0.4, 0.5) is 0 Å². The average molecular weight is 272 g/mol. The van der Waals surface area contributed by atoms with Gasteiger partial charge in [0, 0.05) is 0 Å². The van der Waals surface area contributed by atoms with Gasteiger partial charge in [-0.2, -0.15) is 8.42 Å². The Bertz CT molecular complexity index is 534. The first-order valence-electron chi connectivity index (χ1n) is 5.06. The van der Waals surface area contributed by atoms with Gasteiger partial charge >= 0.3 is 22.1 Å². The van der Waals surface area contributed by atoms with Crippen LogP contribution in [-0.4, -0.2) is 31.2 Å². The van der Waals surface area contributed by atoms with Crippen LogP contribution in [0.1, 0.15) is 17.3 Å². The molecule has 0 bridgehead atoms. The van der Waals surface area contributed by atoms with Crippen LogP contribution in [0.5, 0.6) is 0 Å². The van der Waals surface area contributed by atoms with Crippen LogP contribution in [0.15, 0.2) is 30.3 Å². The SMILES string of the molecule is CC(CS(=O)(=O)OC(=O)c1ccccc1)C(=O)O. The van der Waals surface area contributed by atoms with Gasteiger partial charge in [-0.15, -0.1) is 0 Å². The smallest absolute Gasteiger partial charge is 0.353 e. The van der Waals surface area contributed by atoms with Crippen LogP contribution in [0, 0.1) is 5.92 Å². The molecule has 0 radical (unpaired) electrons. The van der Waals surface area contributed by atoms with Gasteiger partial charge in [0.1, 0.15) is 0 Å². The van der Waals surface area contributed by atoms with Crippen LogP contribution in [0.2, 0.25) is 0 Å². The standard InChI is InChI=1S/C11H12O6S/c1-8(10(12)13)7-18(15,16)17-11(14)9-5-3-2-4-6-9/h2-6,8H,7H2,1H3,(H,12,13). The van der Waals surface area contributed by atoms with E-state index in [9.17, 15) is 18.0 Å². The van der Waals surface area contributed by atoms with Crippen molar-refractivity contribution in [3.63, 3.8) is 0 Å². The number of carboxylic acids is 1. The molecule has 0 aliphatic carbocycles. The number of hydrogen-bond acceptors (Lipinski definition) is 5. The number of rotatable bonds is 5. The minimum Gasteiger partial charge on any atom is -0.481 e. The maximum Gasteiger partial charge on any atom is 0.353 e. The monoisotopic (exact) mass is 272 g/mol. The summed E-state index contributed by atoms with van der Waals surface area (Å²) in [5.41, 5.74) is 0.0871. The summed E-state index contributed by atoms with van der Waals surface area (Å²) in [6.07, 6.45) is 0. The van der Waals surface area contributed by atoms with Crippen molar-refractivity contribution in [3.8, 4) is 0 Å². The lowest BCUT2D eigenvalue weighted by Gasteiger charge is -2.08. The van der Waals surface area contributed by atoms with Gasteiger partial charge < -0.3 is 9.29 Å². The lowest BCUT2D eigenvalue weighted by atomic mass is 10.2. The summed E-state index contributed by atoms with van der Waals surface area (Å²) in [6.45, 7) is 1.22. The molecule has 1 atom stereocenters. The average Bonchev–Trinajstić information content (AvgIpc) is 2.28. The molecule has 0 spiro atoms. The number of carboxylic acid groups (broad SMARTS) is 1. The molecule has 0 aliphatic heterocycles. The molecule has 7 heteroatoms. The predicted octanol–water partition coefficient (Wildman–Crippen LogP) is 0.894. The third kappa shape index (κ3) is 4.17. The molecule has 0 aliphatic rings. The molecule has 18 heavy (non-hydrogen) atoms. The third-order valence-corrected chi connectivity index (χ3v) is 3.40. The summed E-state index contributed by atoms with van der Waals surface area (Å²) < 4.78 is 27.2. The number of carbonyl (C=O) groups is 2. The number of hydrogen-bond donors (Lipinski definition) is 1. The molecular formula is C11H12O6S. The fraction of sp³-hybridized carbons (Fsp3) is 0.273. The molecule has 0 heterocycles. The molecule has 1 N–H and O–H groups in total. The number of benzene rings is 1. The van der Waals surface area contributed by atoms with Gasteiger partial charge in [-0.3, -0.25) is 4.79 Å². The van der Waals surface area contributed by atoms with Crippen LogP contribution in [0.3, 0.4) is 0 Å². The lowest BCUT2D eigenvalue weighted by molar-refractivity contribution is -0.140. The molecule has 0 aromatic heterocycles. The first-order chi connectivity index (χ1) is 8.32. The second-order valence-corrected chi connectivity index (χ2v) is 5.32. The summed E-state index contributed by atoms with van der Waals surface area (Å²) in [5.74, 6) is -4.18. The Morgan fingerprint density at radius 3 is 2.33 bits per heavy atom. The quantitative estimate of drug-likeness (QED) is 0.799. The van der Waals surface area contributed by atoms with Gasteiger partial charge in [0.05, 0.1) is 17.2 Å². The van der Waals surface area contributed by atoms with E-state index in [1.807, 2.05) is 0 Å². The van der Waals surface area contributed by atoms with E-state index in [2.05, 4.69) is 4.18 Å². The van der Waals surface area contributed by atoms with Crippen LogP contribution < -0.4 is 0 Å². The second-order valence-electron chi connectivity index (χ2n) is 3.70. The fourth-order valence-electron chi connectivity index (χ4n) is 1.15. The molecule has 0 saturated heterocycles. The lowest BCUT2D eigenvalue weighted by Crippen LogP contribution is -2.24. The van der Waals surface area contributed by atoms with E-state index in [1.165, 1.54) is 19.1 Å². The van der Waals surface area contributed by atoms with Crippen LogP contribution in [-0.2, 0) is 19.1 Å². The van der Waals surface area contributed by atoms with Crippen molar-refractivity contribution < 1.29 is 27.3 Å². The first-order valence-corrected chi connectivity index (χ1v) is 6.64. The van der Waals surface area contributed by atoms with Crippen molar-refractivity contribution in [2.45, 2.75) is 6.92 Å². The first kappa shape index (κ1) is 14.2. The molecule has 1 unspecified atom stereocenters. The molecule has 0 amide bonds. The number of aliphatic carboxylic acids is 1. The summed E-state index contributed by atoms with van der Waals surface area (Å²) in [4.78, 5) is 22.0. The van der Waals surface area contributed by atoms with Crippen molar-refractivity contribution in [2.24, 2.45) is 5.92 Å². The van der Waals surface area contributed by atoms with Crippen LogP contribution in [0.25, 0.3) is 0 Å². The van der Waals surface area contributed by atoms with Crippen molar-refractivity contribution in [3.05, 3.63) is 35.9 Å². The predicted molar refractivity (Wildman–Crippen MR) is 62.4 cm³/mol. The summed E-state index contributed by atoms with van der Waals surface area (Å²) >= 11 is 0. The Labute approximate surface area is 104 Å². The van der Waals surface area contributed by atoms with Crippen molar-refractivity contribution in [2.75, 3.05) is 5.75 Å². The molecule has 1 aromatic carbocycles. The van der Waals surface area contributed by atoms with Crippen LogP contribution >= 0.6 is 0 Å². The highest BCUT2D eigenvalue weighted by molar-refractivity contribution is 7.87. The van der Waals surface area contributed by atoms with Gasteiger partial charge in [0.15, 0.2) is 0 Å². The largest absolute Gasteiger partial charge is 0.481 e. The van der Waals surface area contributed by atoms with Crippen molar-refractivity contribution in [1.82, 2.24) is 0 Å². The van der Waals surface area contributed by atoms with Gasteiger partial charge in [0.25, 0.3) is 0 Å². The minimum absolute atomic E-state index is 0.0871. The second kappa shape index (κ2) is 5.63. The summed E-state index contributed by atoms with van der Waals surface area (Å²) in [7, 11) is -4.20. The third-order valence-electron chi connectivity index (χ3n) is 2.09. The van der Waals surface area contributed by atoms with Gasteiger partial charge in [-0.25, -0.2) is 4.79 Å². The molecule has 98 valence electrons. The molecular weight excluding hydrogens is 260 g/mol. The Morgan fingerprint density at radius 2 is 1.83 bits per heavy atom. The Kier molecular flexibility index (Phi) is 4.43. The van der Waals surface area contributed by atoms with Gasteiger partial charge in [-0.1, -0.05) is 25.1 Å². The van der Waals surface area contributed by atoms with Gasteiger partial charge in [-0.05, 0) is 12.1 Å². The molecule has 1 rings (SSSR count). The highest BCUT2D eigenvalue weighted by Gasteiger charge is 2.25. The van der Waals surface area contributed by atoms with E-state index in [1.54, 1.807) is 18.2 Å². The van der Waals surface area contributed by atoms with Crippen molar-refractivity contribution in [1.29, 1.82) is 0 Å². The zero-order valence-corrected chi connectivity index (χ0v) is 10.4. The zero-order chi connectivity index (χ0) is 13.8. The molecule has 6 nitrogen and oxygen atoms in total. The van der Waals surface area contributed by atoms with E-state index >= 15 is 0 Å². The highest BCUT2D eigenvalue weighted by Crippen LogP contribution is 2.08. The minimum atomic E-state index is -4.20.